The summed E-state index contributed by atoms with van der Waals surface area (Å²) in [6, 6.07) is 0. The molecule has 18 heavy (non-hydrogen) atoms. The molecule has 1 aliphatic rings. The van der Waals surface area contributed by atoms with Crippen LogP contribution in [-0.2, 0) is 14.6 Å². The van der Waals surface area contributed by atoms with Crippen LogP contribution in [0.4, 0.5) is 0 Å². The highest BCUT2D eigenvalue weighted by atomic mass is 32.2. The van der Waals surface area contributed by atoms with Gasteiger partial charge < -0.3 is 5.73 Å². The van der Waals surface area contributed by atoms with Crippen LogP contribution < -0.4 is 5.73 Å². The molecule has 0 aromatic carbocycles. The predicted molar refractivity (Wildman–Crippen MR) is 73.1 cm³/mol. The van der Waals surface area contributed by atoms with Gasteiger partial charge in [0.05, 0.1) is 5.25 Å². The summed E-state index contributed by atoms with van der Waals surface area (Å²) < 4.78 is 23.1. The summed E-state index contributed by atoms with van der Waals surface area (Å²) in [5.74, 6) is 0.0997. The number of ketones is 1. The topological polar surface area (TPSA) is 77.2 Å². The van der Waals surface area contributed by atoms with E-state index in [1.807, 2.05) is 13.8 Å². The number of carbonyl (C=O) groups is 1. The average molecular weight is 275 g/mol. The van der Waals surface area contributed by atoms with Gasteiger partial charge in [0, 0.05) is 24.1 Å². The van der Waals surface area contributed by atoms with E-state index in [0.29, 0.717) is 25.7 Å². The first-order valence-corrected chi connectivity index (χ1v) is 8.55. The van der Waals surface area contributed by atoms with Crippen molar-refractivity contribution in [3.05, 3.63) is 0 Å². The van der Waals surface area contributed by atoms with Gasteiger partial charge in [-0.05, 0) is 39.5 Å². The van der Waals surface area contributed by atoms with Gasteiger partial charge in [0.1, 0.15) is 15.6 Å². The number of Topliss-reactive ketones (excluding diaryl/α,β-unsaturated/α-hetero) is 1. The molecule has 0 radical (unpaired) electrons. The van der Waals surface area contributed by atoms with Crippen LogP contribution in [0.5, 0.6) is 0 Å². The first kappa shape index (κ1) is 15.6. The second kappa shape index (κ2) is 5.70. The molecule has 0 bridgehead atoms. The van der Waals surface area contributed by atoms with Crippen molar-refractivity contribution in [1.82, 2.24) is 0 Å². The lowest BCUT2D eigenvalue weighted by Gasteiger charge is -2.28. The van der Waals surface area contributed by atoms with E-state index >= 15 is 0 Å². The van der Waals surface area contributed by atoms with Crippen molar-refractivity contribution in [2.75, 3.05) is 6.26 Å². The molecule has 0 spiro atoms. The van der Waals surface area contributed by atoms with E-state index < -0.39 is 9.84 Å². The minimum absolute atomic E-state index is 0.0826. The highest BCUT2D eigenvalue weighted by Gasteiger charge is 2.32. The van der Waals surface area contributed by atoms with Gasteiger partial charge in [-0.25, -0.2) is 8.42 Å². The quantitative estimate of drug-likeness (QED) is 0.828. The highest BCUT2D eigenvalue weighted by Crippen LogP contribution is 2.30. The molecule has 4 nitrogen and oxygen atoms in total. The largest absolute Gasteiger partial charge is 0.326 e. The Morgan fingerprint density at radius 2 is 1.94 bits per heavy atom. The molecule has 1 fully saturated rings. The Morgan fingerprint density at radius 1 is 1.33 bits per heavy atom. The fourth-order valence-electron chi connectivity index (χ4n) is 2.48. The monoisotopic (exact) mass is 275 g/mol. The van der Waals surface area contributed by atoms with Crippen LogP contribution >= 0.6 is 0 Å². The van der Waals surface area contributed by atoms with Crippen LogP contribution in [-0.4, -0.2) is 31.2 Å². The summed E-state index contributed by atoms with van der Waals surface area (Å²) in [5.41, 5.74) is 5.53. The van der Waals surface area contributed by atoms with E-state index in [9.17, 15) is 13.2 Å². The average Bonchev–Trinajstić information content (AvgIpc) is 2.24. The molecule has 2 N–H and O–H groups in total. The van der Waals surface area contributed by atoms with Crippen molar-refractivity contribution < 1.29 is 13.2 Å². The molecule has 1 aliphatic carbocycles. The third kappa shape index (κ3) is 5.06. The standard InChI is InChI=1S/C13H25NO3S/c1-13(2,14)8-7-12(15)10-5-4-6-11(9-10)18(3,16)17/h10-11H,4-9,14H2,1-3H3. The lowest BCUT2D eigenvalue weighted by molar-refractivity contribution is -0.124. The zero-order valence-corrected chi connectivity index (χ0v) is 12.4. The fraction of sp³-hybridized carbons (Fsp3) is 0.923. The minimum Gasteiger partial charge on any atom is -0.326 e. The summed E-state index contributed by atoms with van der Waals surface area (Å²) in [6.07, 6.45) is 5.26. The van der Waals surface area contributed by atoms with Gasteiger partial charge in [-0.1, -0.05) is 6.42 Å². The zero-order valence-electron chi connectivity index (χ0n) is 11.6. The molecular formula is C13H25NO3S. The SMILES string of the molecule is CC(C)(N)CCC(=O)C1CCCC(S(C)(=O)=O)C1. The maximum atomic E-state index is 12.1. The normalized spacial score (nSPS) is 26.0. The Hall–Kier alpha value is -0.420. The predicted octanol–water partition coefficient (Wildman–Crippen LogP) is 1.68. The Labute approximate surface area is 110 Å². The summed E-state index contributed by atoms with van der Waals surface area (Å²) >= 11 is 0. The van der Waals surface area contributed by atoms with Crippen molar-refractivity contribution in [2.24, 2.45) is 11.7 Å². The number of rotatable bonds is 5. The summed E-state index contributed by atoms with van der Waals surface area (Å²) in [7, 11) is -3.01. The first-order chi connectivity index (χ1) is 8.09. The molecule has 1 rings (SSSR count). The van der Waals surface area contributed by atoms with Crippen molar-refractivity contribution in [1.29, 1.82) is 0 Å². The number of carbonyl (C=O) groups excluding carboxylic acids is 1. The lowest BCUT2D eigenvalue weighted by atomic mass is 9.83. The second-order valence-electron chi connectivity index (χ2n) is 6.27. The van der Waals surface area contributed by atoms with E-state index in [4.69, 9.17) is 5.73 Å². The Morgan fingerprint density at radius 3 is 2.44 bits per heavy atom. The maximum Gasteiger partial charge on any atom is 0.150 e. The second-order valence-corrected chi connectivity index (χ2v) is 8.60. The molecule has 0 aromatic heterocycles. The van der Waals surface area contributed by atoms with Gasteiger partial charge in [-0.2, -0.15) is 0 Å². The fourth-order valence-corrected chi connectivity index (χ4v) is 3.65. The number of sulfone groups is 1. The maximum absolute atomic E-state index is 12.1. The summed E-state index contributed by atoms with van der Waals surface area (Å²) in [4.78, 5) is 12.1. The van der Waals surface area contributed by atoms with E-state index in [2.05, 4.69) is 0 Å². The van der Waals surface area contributed by atoms with E-state index in [0.717, 1.165) is 12.8 Å². The van der Waals surface area contributed by atoms with Crippen LogP contribution in [0.15, 0.2) is 0 Å². The molecule has 2 atom stereocenters. The van der Waals surface area contributed by atoms with Gasteiger partial charge in [0.15, 0.2) is 0 Å². The van der Waals surface area contributed by atoms with Gasteiger partial charge in [0.2, 0.25) is 0 Å². The van der Waals surface area contributed by atoms with Crippen molar-refractivity contribution in [2.45, 2.75) is 63.2 Å². The Bertz CT molecular complexity index is 395. The molecule has 2 unspecified atom stereocenters. The summed E-state index contributed by atoms with van der Waals surface area (Å²) in [5, 5.41) is -0.328. The molecule has 0 saturated heterocycles. The van der Waals surface area contributed by atoms with Crippen LogP contribution in [0.2, 0.25) is 0 Å². The molecule has 0 amide bonds. The summed E-state index contributed by atoms with van der Waals surface area (Å²) in [6.45, 7) is 3.81. The van der Waals surface area contributed by atoms with Crippen molar-refractivity contribution >= 4 is 15.6 Å². The van der Waals surface area contributed by atoms with E-state index in [-0.39, 0.29) is 22.5 Å². The molecule has 0 aromatic rings. The van der Waals surface area contributed by atoms with Crippen LogP contribution in [0, 0.1) is 5.92 Å². The van der Waals surface area contributed by atoms with Gasteiger partial charge in [-0.3, -0.25) is 4.79 Å². The van der Waals surface area contributed by atoms with Crippen LogP contribution in [0.25, 0.3) is 0 Å². The van der Waals surface area contributed by atoms with Crippen LogP contribution in [0.1, 0.15) is 52.4 Å². The molecular weight excluding hydrogens is 250 g/mol. The third-order valence-electron chi connectivity index (χ3n) is 3.70. The molecule has 0 aliphatic heterocycles. The lowest BCUT2D eigenvalue weighted by Crippen LogP contribution is -2.35. The number of nitrogens with two attached hydrogens (primary N) is 1. The van der Waals surface area contributed by atoms with Crippen molar-refractivity contribution in [3.8, 4) is 0 Å². The molecule has 1 saturated carbocycles. The highest BCUT2D eigenvalue weighted by molar-refractivity contribution is 7.91. The van der Waals surface area contributed by atoms with E-state index in [1.165, 1.54) is 6.26 Å². The Balaban J connectivity index is 2.54. The Kier molecular flexibility index (Phi) is 4.95. The van der Waals surface area contributed by atoms with Crippen LogP contribution in [0.3, 0.4) is 0 Å². The number of hydrogen-bond acceptors (Lipinski definition) is 4. The molecule has 0 heterocycles. The van der Waals surface area contributed by atoms with Gasteiger partial charge in [-0.15, -0.1) is 0 Å². The van der Waals surface area contributed by atoms with E-state index in [1.54, 1.807) is 0 Å². The smallest absolute Gasteiger partial charge is 0.150 e. The zero-order chi connectivity index (χ0) is 14.0. The van der Waals surface area contributed by atoms with Gasteiger partial charge in [0.25, 0.3) is 0 Å². The molecule has 5 heteroatoms. The molecule has 106 valence electrons. The van der Waals surface area contributed by atoms with Crippen molar-refractivity contribution in [3.63, 3.8) is 0 Å². The number of hydrogen-bond donors (Lipinski definition) is 1. The minimum atomic E-state index is -3.01. The van der Waals surface area contributed by atoms with Gasteiger partial charge >= 0.3 is 0 Å². The first-order valence-electron chi connectivity index (χ1n) is 6.60. The third-order valence-corrected chi connectivity index (χ3v) is 5.34.